The van der Waals surface area contributed by atoms with Crippen molar-refractivity contribution in [2.45, 2.75) is 32.7 Å². The van der Waals surface area contributed by atoms with Gasteiger partial charge in [-0.3, -0.25) is 0 Å². The van der Waals surface area contributed by atoms with Crippen LogP contribution in [0, 0.1) is 5.92 Å². The van der Waals surface area contributed by atoms with Gasteiger partial charge in [0.25, 0.3) is 0 Å². The minimum Gasteiger partial charge on any atom is -0.380 e. The molecule has 3 nitrogen and oxygen atoms in total. The maximum atomic E-state index is 5.54. The molecule has 1 saturated carbocycles. The van der Waals surface area contributed by atoms with Gasteiger partial charge in [0.05, 0.1) is 17.3 Å². The molecule has 0 saturated heterocycles. The highest BCUT2D eigenvalue weighted by Crippen LogP contribution is 2.28. The predicted molar refractivity (Wildman–Crippen MR) is 74.0 cm³/mol. The molecule has 1 aliphatic rings. The first kappa shape index (κ1) is 14.9. The number of halogens is 1. The molecule has 2 rings (SSSR count). The standard InChI is InChI=1S/C12H20N2OS.ClH/c1-2-12-14-11(9-16-12)7-13-5-6-15-8-10-3-4-10;/h9-10,13H,2-8H2,1H3;1H. The van der Waals surface area contributed by atoms with Gasteiger partial charge >= 0.3 is 0 Å². The Morgan fingerprint density at radius 3 is 3.00 bits per heavy atom. The fourth-order valence-electron chi connectivity index (χ4n) is 1.49. The van der Waals surface area contributed by atoms with Crippen molar-refractivity contribution >= 4 is 23.7 Å². The molecule has 0 aromatic carbocycles. The van der Waals surface area contributed by atoms with Crippen LogP contribution in [-0.2, 0) is 17.7 Å². The number of thiazole rings is 1. The van der Waals surface area contributed by atoms with Crippen molar-refractivity contribution in [2.24, 2.45) is 5.92 Å². The minimum absolute atomic E-state index is 0. The van der Waals surface area contributed by atoms with Crippen LogP contribution in [0.25, 0.3) is 0 Å². The lowest BCUT2D eigenvalue weighted by molar-refractivity contribution is 0.126. The lowest BCUT2D eigenvalue weighted by Crippen LogP contribution is -2.19. The lowest BCUT2D eigenvalue weighted by atomic mass is 10.4. The summed E-state index contributed by atoms with van der Waals surface area (Å²) in [5.74, 6) is 0.866. The fraction of sp³-hybridized carbons (Fsp3) is 0.750. The first-order chi connectivity index (χ1) is 7.88. The second-order valence-electron chi connectivity index (χ2n) is 4.28. The highest BCUT2D eigenvalue weighted by atomic mass is 35.5. The van der Waals surface area contributed by atoms with Crippen molar-refractivity contribution in [3.63, 3.8) is 0 Å². The quantitative estimate of drug-likeness (QED) is 0.741. The van der Waals surface area contributed by atoms with Crippen LogP contribution in [0.1, 0.15) is 30.5 Å². The van der Waals surface area contributed by atoms with Gasteiger partial charge in [-0.25, -0.2) is 4.98 Å². The lowest BCUT2D eigenvalue weighted by Gasteiger charge is -2.03. The SMILES string of the molecule is CCc1nc(CNCCOCC2CC2)cs1.Cl. The van der Waals surface area contributed by atoms with Gasteiger partial charge in [-0.05, 0) is 25.2 Å². The molecule has 5 heteroatoms. The number of rotatable bonds is 8. The van der Waals surface area contributed by atoms with Crippen LogP contribution in [0.4, 0.5) is 0 Å². The molecule has 0 radical (unpaired) electrons. The largest absolute Gasteiger partial charge is 0.380 e. The van der Waals surface area contributed by atoms with Gasteiger partial charge in [0.15, 0.2) is 0 Å². The van der Waals surface area contributed by atoms with E-state index >= 15 is 0 Å². The Hall–Kier alpha value is -0.160. The average Bonchev–Trinajstić information content (AvgIpc) is 3.01. The third-order valence-corrected chi connectivity index (χ3v) is 3.72. The summed E-state index contributed by atoms with van der Waals surface area (Å²) in [7, 11) is 0. The second-order valence-corrected chi connectivity index (χ2v) is 5.22. The minimum atomic E-state index is 0. The molecular formula is C12H21ClN2OS. The molecular weight excluding hydrogens is 256 g/mol. The van der Waals surface area contributed by atoms with E-state index < -0.39 is 0 Å². The number of hydrogen-bond donors (Lipinski definition) is 1. The molecule has 1 aromatic heterocycles. The first-order valence-electron chi connectivity index (χ1n) is 6.10. The number of ether oxygens (including phenoxy) is 1. The summed E-state index contributed by atoms with van der Waals surface area (Å²) in [4.78, 5) is 4.50. The molecule has 0 aliphatic heterocycles. The zero-order valence-corrected chi connectivity index (χ0v) is 11.9. The monoisotopic (exact) mass is 276 g/mol. The molecule has 1 heterocycles. The molecule has 0 unspecified atom stereocenters. The molecule has 0 atom stereocenters. The van der Waals surface area contributed by atoms with E-state index in [1.165, 1.54) is 17.8 Å². The maximum absolute atomic E-state index is 5.54. The van der Waals surface area contributed by atoms with E-state index in [0.29, 0.717) is 0 Å². The number of aromatic nitrogens is 1. The highest BCUT2D eigenvalue weighted by molar-refractivity contribution is 7.09. The van der Waals surface area contributed by atoms with E-state index in [-0.39, 0.29) is 12.4 Å². The topological polar surface area (TPSA) is 34.2 Å². The van der Waals surface area contributed by atoms with Crippen molar-refractivity contribution in [1.82, 2.24) is 10.3 Å². The third kappa shape index (κ3) is 5.82. The number of nitrogens with one attached hydrogen (secondary N) is 1. The number of nitrogens with zero attached hydrogens (tertiary/aromatic N) is 1. The van der Waals surface area contributed by atoms with Crippen molar-refractivity contribution in [2.75, 3.05) is 19.8 Å². The van der Waals surface area contributed by atoms with Gasteiger partial charge in [0, 0.05) is 25.1 Å². The van der Waals surface area contributed by atoms with Crippen LogP contribution in [0.3, 0.4) is 0 Å². The van der Waals surface area contributed by atoms with Crippen molar-refractivity contribution in [3.05, 3.63) is 16.1 Å². The van der Waals surface area contributed by atoms with Gasteiger partial charge in [-0.15, -0.1) is 23.7 Å². The Labute approximate surface area is 113 Å². The normalized spacial score (nSPS) is 14.6. The van der Waals surface area contributed by atoms with Crippen LogP contribution >= 0.6 is 23.7 Å². The van der Waals surface area contributed by atoms with Gasteiger partial charge in [-0.2, -0.15) is 0 Å². The van der Waals surface area contributed by atoms with Gasteiger partial charge in [-0.1, -0.05) is 6.92 Å². The molecule has 1 aromatic rings. The molecule has 1 aliphatic carbocycles. The van der Waals surface area contributed by atoms with Crippen molar-refractivity contribution in [1.29, 1.82) is 0 Å². The molecule has 0 amide bonds. The summed E-state index contributed by atoms with van der Waals surface area (Å²) in [6.07, 6.45) is 3.77. The Morgan fingerprint density at radius 1 is 1.53 bits per heavy atom. The van der Waals surface area contributed by atoms with E-state index in [9.17, 15) is 0 Å². The summed E-state index contributed by atoms with van der Waals surface area (Å²) in [5.41, 5.74) is 1.16. The first-order valence-corrected chi connectivity index (χ1v) is 6.98. The predicted octanol–water partition coefficient (Wildman–Crippen LogP) is 2.64. The summed E-state index contributed by atoms with van der Waals surface area (Å²) in [5, 5.41) is 6.71. The molecule has 1 fully saturated rings. The van der Waals surface area contributed by atoms with Crippen LogP contribution in [-0.4, -0.2) is 24.7 Å². The highest BCUT2D eigenvalue weighted by Gasteiger charge is 2.20. The Morgan fingerprint density at radius 2 is 2.35 bits per heavy atom. The van der Waals surface area contributed by atoms with Crippen LogP contribution in [0.15, 0.2) is 5.38 Å². The van der Waals surface area contributed by atoms with E-state index in [4.69, 9.17) is 4.74 Å². The molecule has 17 heavy (non-hydrogen) atoms. The smallest absolute Gasteiger partial charge is 0.0926 e. The van der Waals surface area contributed by atoms with Crippen molar-refractivity contribution in [3.8, 4) is 0 Å². The zero-order valence-electron chi connectivity index (χ0n) is 10.3. The fourth-order valence-corrected chi connectivity index (χ4v) is 2.23. The molecule has 0 spiro atoms. The summed E-state index contributed by atoms with van der Waals surface area (Å²) < 4.78 is 5.54. The summed E-state index contributed by atoms with van der Waals surface area (Å²) >= 11 is 1.75. The van der Waals surface area contributed by atoms with E-state index in [1.54, 1.807) is 11.3 Å². The average molecular weight is 277 g/mol. The molecule has 0 bridgehead atoms. The maximum Gasteiger partial charge on any atom is 0.0926 e. The third-order valence-electron chi connectivity index (χ3n) is 2.68. The van der Waals surface area contributed by atoms with Crippen LogP contribution < -0.4 is 5.32 Å². The van der Waals surface area contributed by atoms with E-state index in [2.05, 4.69) is 22.6 Å². The van der Waals surface area contributed by atoms with E-state index in [1.807, 2.05) is 0 Å². The number of aryl methyl sites for hydroxylation is 1. The second kappa shape index (κ2) is 8.03. The van der Waals surface area contributed by atoms with Crippen molar-refractivity contribution < 1.29 is 4.74 Å². The Bertz CT molecular complexity index is 315. The molecule has 1 N–H and O–H groups in total. The van der Waals surface area contributed by atoms with Gasteiger partial charge < -0.3 is 10.1 Å². The Balaban J connectivity index is 0.00000144. The summed E-state index contributed by atoms with van der Waals surface area (Å²) in [6.45, 7) is 5.70. The van der Waals surface area contributed by atoms with Gasteiger partial charge in [0.2, 0.25) is 0 Å². The molecule has 98 valence electrons. The van der Waals surface area contributed by atoms with E-state index in [0.717, 1.165) is 44.3 Å². The number of hydrogen-bond acceptors (Lipinski definition) is 4. The van der Waals surface area contributed by atoms with Crippen LogP contribution in [0.5, 0.6) is 0 Å². The van der Waals surface area contributed by atoms with Crippen LogP contribution in [0.2, 0.25) is 0 Å². The Kier molecular flexibility index (Phi) is 7.04. The summed E-state index contributed by atoms with van der Waals surface area (Å²) in [6, 6.07) is 0. The zero-order chi connectivity index (χ0) is 11.2. The van der Waals surface area contributed by atoms with Gasteiger partial charge in [0.1, 0.15) is 0 Å².